The minimum absolute atomic E-state index is 0.425. The molecule has 0 bridgehead atoms. The van der Waals surface area contributed by atoms with Crippen molar-refractivity contribution in [3.05, 3.63) is 36.4 Å². The fourth-order valence-corrected chi connectivity index (χ4v) is 1.64. The zero-order chi connectivity index (χ0) is 12.0. The predicted molar refractivity (Wildman–Crippen MR) is 70.2 cm³/mol. The van der Waals surface area contributed by atoms with Crippen LogP contribution in [0.1, 0.15) is 25.3 Å². The summed E-state index contributed by atoms with van der Waals surface area (Å²) in [5.41, 5.74) is 2.30. The summed E-state index contributed by atoms with van der Waals surface area (Å²) in [6.45, 7) is 7.99. The fourth-order valence-electron chi connectivity index (χ4n) is 1.64. The Morgan fingerprint density at radius 1 is 1.50 bits per heavy atom. The lowest BCUT2D eigenvalue weighted by Crippen LogP contribution is -2.15. The van der Waals surface area contributed by atoms with Crippen molar-refractivity contribution in [2.75, 3.05) is 12.4 Å². The highest BCUT2D eigenvalue weighted by Crippen LogP contribution is 2.26. The van der Waals surface area contributed by atoms with Crippen LogP contribution in [0.2, 0.25) is 0 Å². The Hall–Kier alpha value is -1.44. The molecule has 0 saturated carbocycles. The van der Waals surface area contributed by atoms with Gasteiger partial charge in [0.15, 0.2) is 0 Å². The minimum Gasteiger partial charge on any atom is -0.495 e. The number of ether oxygens (including phenoxy) is 1. The molecule has 1 unspecified atom stereocenters. The molecule has 0 saturated heterocycles. The second-order valence-electron chi connectivity index (χ2n) is 4.12. The monoisotopic (exact) mass is 219 g/mol. The van der Waals surface area contributed by atoms with E-state index in [1.165, 1.54) is 5.56 Å². The van der Waals surface area contributed by atoms with E-state index in [-0.39, 0.29) is 0 Å². The maximum atomic E-state index is 5.32. The number of aryl methyl sites for hydroxylation is 1. The first-order valence-electron chi connectivity index (χ1n) is 5.69. The molecule has 1 N–H and O–H groups in total. The molecule has 16 heavy (non-hydrogen) atoms. The van der Waals surface area contributed by atoms with Crippen LogP contribution < -0.4 is 10.1 Å². The number of methoxy groups -OCH3 is 1. The first kappa shape index (κ1) is 12.6. The van der Waals surface area contributed by atoms with E-state index in [4.69, 9.17) is 4.74 Å². The SMILES string of the molecule is C=CCCC(C)Nc1cc(C)ccc1OC. The Labute approximate surface area is 98.3 Å². The number of hydrogen-bond donors (Lipinski definition) is 1. The molecular formula is C14H21NO. The summed E-state index contributed by atoms with van der Waals surface area (Å²) in [4.78, 5) is 0. The lowest BCUT2D eigenvalue weighted by atomic mass is 10.1. The third-order valence-corrected chi connectivity index (χ3v) is 2.56. The van der Waals surface area contributed by atoms with Gasteiger partial charge in [-0.3, -0.25) is 0 Å². The fraction of sp³-hybridized carbons (Fsp3) is 0.429. The van der Waals surface area contributed by atoms with E-state index < -0.39 is 0 Å². The summed E-state index contributed by atoms with van der Waals surface area (Å²) < 4.78 is 5.32. The quantitative estimate of drug-likeness (QED) is 0.735. The van der Waals surface area contributed by atoms with Gasteiger partial charge in [-0.05, 0) is 44.4 Å². The number of benzene rings is 1. The molecule has 0 aliphatic rings. The normalized spacial score (nSPS) is 11.9. The van der Waals surface area contributed by atoms with Crippen LogP contribution in [0.5, 0.6) is 5.75 Å². The van der Waals surface area contributed by atoms with Crippen molar-refractivity contribution in [2.45, 2.75) is 32.7 Å². The van der Waals surface area contributed by atoms with Gasteiger partial charge in [-0.1, -0.05) is 12.1 Å². The van der Waals surface area contributed by atoms with Gasteiger partial charge < -0.3 is 10.1 Å². The molecule has 0 spiro atoms. The summed E-state index contributed by atoms with van der Waals surface area (Å²) in [6, 6.07) is 6.59. The topological polar surface area (TPSA) is 21.3 Å². The van der Waals surface area contributed by atoms with Crippen LogP contribution in [0, 0.1) is 6.92 Å². The molecule has 0 heterocycles. The van der Waals surface area contributed by atoms with Gasteiger partial charge in [0, 0.05) is 6.04 Å². The van der Waals surface area contributed by atoms with E-state index in [9.17, 15) is 0 Å². The Morgan fingerprint density at radius 3 is 2.88 bits per heavy atom. The molecule has 0 aromatic heterocycles. The Morgan fingerprint density at radius 2 is 2.25 bits per heavy atom. The van der Waals surface area contributed by atoms with Crippen LogP contribution in [0.4, 0.5) is 5.69 Å². The standard InChI is InChI=1S/C14H21NO/c1-5-6-7-12(3)15-13-10-11(2)8-9-14(13)16-4/h5,8-10,12,15H,1,6-7H2,2-4H3. The average Bonchev–Trinajstić information content (AvgIpc) is 2.27. The van der Waals surface area contributed by atoms with Crippen LogP contribution in [-0.4, -0.2) is 13.2 Å². The molecule has 2 nitrogen and oxygen atoms in total. The van der Waals surface area contributed by atoms with Gasteiger partial charge in [-0.15, -0.1) is 6.58 Å². The molecule has 88 valence electrons. The summed E-state index contributed by atoms with van der Waals surface area (Å²) >= 11 is 0. The second-order valence-corrected chi connectivity index (χ2v) is 4.12. The minimum atomic E-state index is 0.425. The van der Waals surface area contributed by atoms with Gasteiger partial charge in [0.2, 0.25) is 0 Å². The molecule has 1 aromatic rings. The number of anilines is 1. The summed E-state index contributed by atoms with van der Waals surface area (Å²) in [5.74, 6) is 0.899. The highest BCUT2D eigenvalue weighted by molar-refractivity contribution is 5.58. The van der Waals surface area contributed by atoms with E-state index in [2.05, 4.69) is 37.9 Å². The van der Waals surface area contributed by atoms with E-state index >= 15 is 0 Å². The third-order valence-electron chi connectivity index (χ3n) is 2.56. The summed E-state index contributed by atoms with van der Waals surface area (Å²) in [5, 5.41) is 3.46. The highest BCUT2D eigenvalue weighted by atomic mass is 16.5. The molecule has 0 aliphatic carbocycles. The van der Waals surface area contributed by atoms with E-state index in [1.54, 1.807) is 7.11 Å². The van der Waals surface area contributed by atoms with E-state index in [0.29, 0.717) is 6.04 Å². The number of nitrogens with one attached hydrogen (secondary N) is 1. The number of hydrogen-bond acceptors (Lipinski definition) is 2. The molecule has 1 aromatic carbocycles. The third kappa shape index (κ3) is 3.61. The van der Waals surface area contributed by atoms with Crippen molar-refractivity contribution in [3.63, 3.8) is 0 Å². The first-order chi connectivity index (χ1) is 7.67. The van der Waals surface area contributed by atoms with Crippen LogP contribution in [0.15, 0.2) is 30.9 Å². The van der Waals surface area contributed by atoms with Crippen molar-refractivity contribution >= 4 is 5.69 Å². The number of allylic oxidation sites excluding steroid dienone is 1. The van der Waals surface area contributed by atoms with Crippen molar-refractivity contribution in [1.82, 2.24) is 0 Å². The molecule has 1 rings (SSSR count). The summed E-state index contributed by atoms with van der Waals surface area (Å²) in [7, 11) is 1.70. The Balaban J connectivity index is 2.70. The Kier molecular flexibility index (Phi) is 4.90. The van der Waals surface area contributed by atoms with Crippen molar-refractivity contribution in [2.24, 2.45) is 0 Å². The summed E-state index contributed by atoms with van der Waals surface area (Å²) in [6.07, 6.45) is 4.06. The Bertz CT molecular complexity index is 347. The van der Waals surface area contributed by atoms with Crippen LogP contribution in [-0.2, 0) is 0 Å². The zero-order valence-corrected chi connectivity index (χ0v) is 10.4. The molecular weight excluding hydrogens is 198 g/mol. The second kappa shape index (κ2) is 6.21. The molecule has 0 fully saturated rings. The van der Waals surface area contributed by atoms with Crippen LogP contribution in [0.3, 0.4) is 0 Å². The van der Waals surface area contributed by atoms with Gasteiger partial charge in [0.25, 0.3) is 0 Å². The maximum absolute atomic E-state index is 5.32. The first-order valence-corrected chi connectivity index (χ1v) is 5.69. The highest BCUT2D eigenvalue weighted by Gasteiger charge is 2.06. The van der Waals surface area contributed by atoms with Gasteiger partial charge in [0.1, 0.15) is 5.75 Å². The van der Waals surface area contributed by atoms with E-state index in [1.807, 2.05) is 12.1 Å². The van der Waals surface area contributed by atoms with Crippen molar-refractivity contribution in [1.29, 1.82) is 0 Å². The molecule has 1 atom stereocenters. The molecule has 2 heteroatoms. The van der Waals surface area contributed by atoms with Gasteiger partial charge >= 0.3 is 0 Å². The smallest absolute Gasteiger partial charge is 0.141 e. The van der Waals surface area contributed by atoms with Crippen LogP contribution >= 0.6 is 0 Å². The van der Waals surface area contributed by atoms with Gasteiger partial charge in [0.05, 0.1) is 12.8 Å². The number of rotatable bonds is 6. The van der Waals surface area contributed by atoms with Crippen LogP contribution in [0.25, 0.3) is 0 Å². The lowest BCUT2D eigenvalue weighted by Gasteiger charge is -2.17. The molecule has 0 radical (unpaired) electrons. The molecule has 0 amide bonds. The maximum Gasteiger partial charge on any atom is 0.141 e. The van der Waals surface area contributed by atoms with E-state index in [0.717, 1.165) is 24.3 Å². The zero-order valence-electron chi connectivity index (χ0n) is 10.4. The predicted octanol–water partition coefficient (Wildman–Crippen LogP) is 3.77. The molecule has 0 aliphatic heterocycles. The van der Waals surface area contributed by atoms with Crippen molar-refractivity contribution < 1.29 is 4.74 Å². The van der Waals surface area contributed by atoms with Gasteiger partial charge in [-0.25, -0.2) is 0 Å². The lowest BCUT2D eigenvalue weighted by molar-refractivity contribution is 0.416. The van der Waals surface area contributed by atoms with Gasteiger partial charge in [-0.2, -0.15) is 0 Å². The average molecular weight is 219 g/mol. The largest absolute Gasteiger partial charge is 0.495 e. The van der Waals surface area contributed by atoms with Crippen molar-refractivity contribution in [3.8, 4) is 5.75 Å².